The Hall–Kier alpha value is -1.39. The van der Waals surface area contributed by atoms with Crippen molar-refractivity contribution in [2.24, 2.45) is 0 Å². The first kappa shape index (κ1) is 12.7. The van der Waals surface area contributed by atoms with Gasteiger partial charge in [-0.1, -0.05) is 30.3 Å². The highest BCUT2D eigenvalue weighted by atomic mass is 16.7. The lowest BCUT2D eigenvalue weighted by molar-refractivity contribution is -0.223. The van der Waals surface area contributed by atoms with E-state index in [1.54, 1.807) is 0 Å². The van der Waals surface area contributed by atoms with Crippen LogP contribution in [-0.4, -0.2) is 26.0 Å². The average Bonchev–Trinajstić information content (AvgIpc) is 2.36. The van der Waals surface area contributed by atoms with E-state index in [0.29, 0.717) is 0 Å². The zero-order valence-corrected chi connectivity index (χ0v) is 9.73. The average molecular weight is 224 g/mol. The molecule has 0 heterocycles. The Balaban J connectivity index is 2.53. The van der Waals surface area contributed by atoms with Crippen LogP contribution in [0.15, 0.2) is 30.3 Å². The second-order valence-corrected chi connectivity index (χ2v) is 3.42. The molecule has 88 valence electrons. The van der Waals surface area contributed by atoms with Crippen molar-refractivity contribution in [3.8, 4) is 0 Å². The van der Waals surface area contributed by atoms with Gasteiger partial charge in [0.05, 0.1) is 0 Å². The van der Waals surface area contributed by atoms with Gasteiger partial charge in [0.25, 0.3) is 5.79 Å². The SMILES string of the molecule is COC(C)(OC)C(=O)OCc1ccccc1. The molecule has 0 aromatic heterocycles. The number of hydrogen-bond donors (Lipinski definition) is 0. The Labute approximate surface area is 95.1 Å². The van der Waals surface area contributed by atoms with E-state index in [4.69, 9.17) is 14.2 Å². The zero-order chi connectivity index (χ0) is 12.0. The molecule has 1 aromatic rings. The molecular formula is C12H16O4. The number of rotatable bonds is 5. The van der Waals surface area contributed by atoms with Gasteiger partial charge in [0.2, 0.25) is 0 Å². The Morgan fingerprint density at radius 1 is 1.19 bits per heavy atom. The third-order valence-corrected chi connectivity index (χ3v) is 2.36. The molecule has 0 bridgehead atoms. The van der Waals surface area contributed by atoms with Crippen molar-refractivity contribution in [2.75, 3.05) is 14.2 Å². The number of hydrogen-bond acceptors (Lipinski definition) is 4. The lowest BCUT2D eigenvalue weighted by atomic mass is 10.2. The normalized spacial score (nSPS) is 11.2. The summed E-state index contributed by atoms with van der Waals surface area (Å²) < 4.78 is 15.0. The van der Waals surface area contributed by atoms with Gasteiger partial charge in [-0.25, -0.2) is 4.79 Å². The van der Waals surface area contributed by atoms with Gasteiger partial charge in [-0.3, -0.25) is 0 Å². The van der Waals surface area contributed by atoms with Crippen LogP contribution in [-0.2, 0) is 25.6 Å². The summed E-state index contributed by atoms with van der Waals surface area (Å²) in [5.41, 5.74) is 0.922. The molecule has 16 heavy (non-hydrogen) atoms. The van der Waals surface area contributed by atoms with E-state index >= 15 is 0 Å². The molecule has 0 fully saturated rings. The molecule has 0 saturated carbocycles. The zero-order valence-electron chi connectivity index (χ0n) is 9.73. The standard InChI is InChI=1S/C12H16O4/c1-12(14-2,15-3)11(13)16-9-10-7-5-4-6-8-10/h4-8H,9H2,1-3H3. The van der Waals surface area contributed by atoms with Gasteiger partial charge in [0, 0.05) is 21.1 Å². The third kappa shape index (κ3) is 3.05. The van der Waals surface area contributed by atoms with E-state index < -0.39 is 11.8 Å². The fraction of sp³-hybridized carbons (Fsp3) is 0.417. The Bertz CT molecular complexity index is 330. The van der Waals surface area contributed by atoms with Crippen LogP contribution in [0.2, 0.25) is 0 Å². The van der Waals surface area contributed by atoms with Gasteiger partial charge in [-0.2, -0.15) is 0 Å². The minimum Gasteiger partial charge on any atom is -0.457 e. The van der Waals surface area contributed by atoms with E-state index in [-0.39, 0.29) is 6.61 Å². The van der Waals surface area contributed by atoms with Crippen LogP contribution in [0.1, 0.15) is 12.5 Å². The molecule has 1 aromatic carbocycles. The molecule has 4 nitrogen and oxygen atoms in total. The van der Waals surface area contributed by atoms with Crippen molar-refractivity contribution < 1.29 is 19.0 Å². The van der Waals surface area contributed by atoms with Crippen LogP contribution in [0.4, 0.5) is 0 Å². The van der Waals surface area contributed by atoms with Crippen molar-refractivity contribution >= 4 is 5.97 Å². The molecule has 0 aliphatic carbocycles. The summed E-state index contributed by atoms with van der Waals surface area (Å²) in [6, 6.07) is 9.43. The van der Waals surface area contributed by atoms with Gasteiger partial charge < -0.3 is 14.2 Å². The van der Waals surface area contributed by atoms with Crippen LogP contribution >= 0.6 is 0 Å². The maximum absolute atomic E-state index is 11.6. The maximum atomic E-state index is 11.6. The van der Waals surface area contributed by atoms with E-state index in [1.807, 2.05) is 30.3 Å². The van der Waals surface area contributed by atoms with E-state index in [2.05, 4.69) is 0 Å². The first-order chi connectivity index (χ1) is 7.62. The number of carbonyl (C=O) groups excluding carboxylic acids is 1. The quantitative estimate of drug-likeness (QED) is 0.564. The van der Waals surface area contributed by atoms with Gasteiger partial charge in [-0.05, 0) is 5.56 Å². The van der Waals surface area contributed by atoms with Gasteiger partial charge in [0.1, 0.15) is 6.61 Å². The second kappa shape index (κ2) is 5.63. The number of ether oxygens (including phenoxy) is 3. The molecule has 0 unspecified atom stereocenters. The van der Waals surface area contributed by atoms with Crippen molar-refractivity contribution in [1.82, 2.24) is 0 Å². The van der Waals surface area contributed by atoms with Crippen LogP contribution in [0.25, 0.3) is 0 Å². The van der Waals surface area contributed by atoms with Crippen LogP contribution in [0.3, 0.4) is 0 Å². The highest BCUT2D eigenvalue weighted by molar-refractivity contribution is 5.77. The second-order valence-electron chi connectivity index (χ2n) is 3.42. The fourth-order valence-corrected chi connectivity index (χ4v) is 1.10. The van der Waals surface area contributed by atoms with Crippen molar-refractivity contribution in [2.45, 2.75) is 19.3 Å². The number of esters is 1. The summed E-state index contributed by atoms with van der Waals surface area (Å²) in [7, 11) is 2.79. The van der Waals surface area contributed by atoms with Crippen LogP contribution in [0, 0.1) is 0 Å². The molecule has 0 spiro atoms. The van der Waals surface area contributed by atoms with Crippen molar-refractivity contribution in [3.63, 3.8) is 0 Å². The summed E-state index contributed by atoms with van der Waals surface area (Å²) in [6.07, 6.45) is 0. The molecule has 0 aliphatic heterocycles. The molecule has 0 atom stereocenters. The van der Waals surface area contributed by atoms with Crippen molar-refractivity contribution in [3.05, 3.63) is 35.9 Å². The van der Waals surface area contributed by atoms with Gasteiger partial charge in [-0.15, -0.1) is 0 Å². The van der Waals surface area contributed by atoms with E-state index in [9.17, 15) is 4.79 Å². The largest absolute Gasteiger partial charge is 0.457 e. The summed E-state index contributed by atoms with van der Waals surface area (Å²) in [6.45, 7) is 1.72. The molecule has 4 heteroatoms. The molecule has 0 amide bonds. The smallest absolute Gasteiger partial charge is 0.366 e. The predicted molar refractivity (Wildman–Crippen MR) is 58.7 cm³/mol. The van der Waals surface area contributed by atoms with Crippen molar-refractivity contribution in [1.29, 1.82) is 0 Å². The highest BCUT2D eigenvalue weighted by Crippen LogP contribution is 2.13. The first-order valence-electron chi connectivity index (χ1n) is 4.94. The van der Waals surface area contributed by atoms with E-state index in [1.165, 1.54) is 21.1 Å². The topological polar surface area (TPSA) is 44.8 Å². The summed E-state index contributed by atoms with van der Waals surface area (Å²) >= 11 is 0. The van der Waals surface area contributed by atoms with Crippen LogP contribution < -0.4 is 0 Å². The molecule has 0 radical (unpaired) electrons. The van der Waals surface area contributed by atoms with Gasteiger partial charge in [0.15, 0.2) is 0 Å². The molecule has 0 N–H and O–H groups in total. The Morgan fingerprint density at radius 3 is 2.25 bits per heavy atom. The summed E-state index contributed by atoms with van der Waals surface area (Å²) in [5.74, 6) is -1.88. The number of carbonyl (C=O) groups is 1. The summed E-state index contributed by atoms with van der Waals surface area (Å²) in [4.78, 5) is 11.6. The summed E-state index contributed by atoms with van der Waals surface area (Å²) in [5, 5.41) is 0. The lowest BCUT2D eigenvalue weighted by Crippen LogP contribution is -2.40. The molecule has 0 saturated heterocycles. The predicted octanol–water partition coefficient (Wildman–Crippen LogP) is 1.74. The van der Waals surface area contributed by atoms with Crippen LogP contribution in [0.5, 0.6) is 0 Å². The Morgan fingerprint density at radius 2 is 1.75 bits per heavy atom. The maximum Gasteiger partial charge on any atom is 0.366 e. The molecular weight excluding hydrogens is 208 g/mol. The Kier molecular flexibility index (Phi) is 4.46. The van der Waals surface area contributed by atoms with E-state index in [0.717, 1.165) is 5.56 Å². The first-order valence-corrected chi connectivity index (χ1v) is 4.94. The molecule has 1 rings (SSSR count). The lowest BCUT2D eigenvalue weighted by Gasteiger charge is -2.23. The minimum absolute atomic E-state index is 0.210. The monoisotopic (exact) mass is 224 g/mol. The number of benzene rings is 1. The molecule has 0 aliphatic rings. The minimum atomic E-state index is -1.34. The highest BCUT2D eigenvalue weighted by Gasteiger charge is 2.34. The van der Waals surface area contributed by atoms with Gasteiger partial charge >= 0.3 is 5.97 Å². The third-order valence-electron chi connectivity index (χ3n) is 2.36. The fourth-order valence-electron chi connectivity index (χ4n) is 1.10. The number of methoxy groups -OCH3 is 2.